The number of benzene rings is 1. The van der Waals surface area contributed by atoms with Crippen LogP contribution in [-0.2, 0) is 16.1 Å². The van der Waals surface area contributed by atoms with Gasteiger partial charge in [0.2, 0.25) is 5.91 Å². The van der Waals surface area contributed by atoms with Crippen molar-refractivity contribution in [3.63, 3.8) is 0 Å². The van der Waals surface area contributed by atoms with Gasteiger partial charge < -0.3 is 10.1 Å². The number of aromatic nitrogens is 1. The topological polar surface area (TPSA) is 71.5 Å². The van der Waals surface area contributed by atoms with Crippen LogP contribution in [0.15, 0.2) is 42.6 Å². The molecule has 1 aliphatic heterocycles. The largest absolute Gasteiger partial charge is 0.480 e. The molecule has 6 heteroatoms. The van der Waals surface area contributed by atoms with Crippen LogP contribution in [0.1, 0.15) is 11.1 Å². The molecule has 0 saturated heterocycles. The Morgan fingerprint density at radius 3 is 2.87 bits per heavy atom. The van der Waals surface area contributed by atoms with Gasteiger partial charge in [-0.25, -0.2) is 4.98 Å². The highest BCUT2D eigenvalue weighted by atomic mass is 16.5. The number of rotatable bonds is 4. The Morgan fingerprint density at radius 2 is 2.09 bits per heavy atom. The van der Waals surface area contributed by atoms with Gasteiger partial charge in [-0.1, -0.05) is 29.8 Å². The third kappa shape index (κ3) is 3.48. The number of carbonyl (C=O) groups excluding carboxylic acids is 2. The van der Waals surface area contributed by atoms with Crippen LogP contribution in [0.25, 0.3) is 0 Å². The van der Waals surface area contributed by atoms with Crippen molar-refractivity contribution in [1.82, 2.24) is 10.3 Å². The van der Waals surface area contributed by atoms with E-state index >= 15 is 0 Å². The van der Waals surface area contributed by atoms with Crippen LogP contribution >= 0.6 is 0 Å². The Balaban J connectivity index is 1.63. The van der Waals surface area contributed by atoms with Crippen LogP contribution in [0, 0.1) is 6.92 Å². The number of amides is 2. The molecule has 6 nitrogen and oxygen atoms in total. The van der Waals surface area contributed by atoms with Crippen molar-refractivity contribution in [3.05, 3.63) is 53.7 Å². The number of fused-ring (bicyclic) bond motifs is 1. The lowest BCUT2D eigenvalue weighted by Crippen LogP contribution is -2.45. The first kappa shape index (κ1) is 15.0. The van der Waals surface area contributed by atoms with E-state index in [1.165, 1.54) is 10.5 Å². The third-order valence-electron chi connectivity index (χ3n) is 3.57. The molecule has 0 fully saturated rings. The van der Waals surface area contributed by atoms with Gasteiger partial charge in [0.1, 0.15) is 6.54 Å². The molecule has 0 unspecified atom stereocenters. The number of aryl methyl sites for hydroxylation is 1. The van der Waals surface area contributed by atoms with E-state index in [2.05, 4.69) is 10.3 Å². The summed E-state index contributed by atoms with van der Waals surface area (Å²) in [7, 11) is 0. The highest BCUT2D eigenvalue weighted by Crippen LogP contribution is 2.28. The summed E-state index contributed by atoms with van der Waals surface area (Å²) < 4.78 is 5.30. The van der Waals surface area contributed by atoms with Crippen LogP contribution in [0.2, 0.25) is 0 Å². The number of hydrogen-bond donors (Lipinski definition) is 1. The Labute approximate surface area is 134 Å². The van der Waals surface area contributed by atoms with Crippen LogP contribution in [0.3, 0.4) is 0 Å². The lowest BCUT2D eigenvalue weighted by atomic mass is 10.1. The fraction of sp³-hybridized carbons (Fsp3) is 0.235. The van der Waals surface area contributed by atoms with Gasteiger partial charge in [-0.15, -0.1) is 0 Å². The van der Waals surface area contributed by atoms with Gasteiger partial charge in [0.25, 0.3) is 5.91 Å². The molecule has 0 spiro atoms. The summed E-state index contributed by atoms with van der Waals surface area (Å²) in [4.78, 5) is 29.6. The average molecular weight is 311 g/mol. The Morgan fingerprint density at radius 1 is 1.30 bits per heavy atom. The van der Waals surface area contributed by atoms with Crippen molar-refractivity contribution in [2.45, 2.75) is 13.5 Å². The predicted octanol–water partition coefficient (Wildman–Crippen LogP) is 1.43. The summed E-state index contributed by atoms with van der Waals surface area (Å²) in [6, 6.07) is 11.4. The number of nitrogens with zero attached hydrogens (tertiary/aromatic N) is 2. The van der Waals surface area contributed by atoms with E-state index in [-0.39, 0.29) is 25.0 Å². The molecular weight excluding hydrogens is 294 g/mol. The van der Waals surface area contributed by atoms with Gasteiger partial charge in [0, 0.05) is 12.7 Å². The van der Waals surface area contributed by atoms with Crippen LogP contribution in [0.5, 0.6) is 5.75 Å². The van der Waals surface area contributed by atoms with E-state index in [1.54, 1.807) is 18.3 Å². The average Bonchev–Trinajstić information content (AvgIpc) is 2.57. The summed E-state index contributed by atoms with van der Waals surface area (Å²) in [6.07, 6.45) is 1.57. The molecular formula is C17H17N3O3. The van der Waals surface area contributed by atoms with Crippen LogP contribution in [0.4, 0.5) is 5.82 Å². The van der Waals surface area contributed by atoms with Gasteiger partial charge in [-0.05, 0) is 24.6 Å². The van der Waals surface area contributed by atoms with E-state index in [4.69, 9.17) is 4.74 Å². The molecule has 2 amide bonds. The highest BCUT2D eigenvalue weighted by Gasteiger charge is 2.28. The maximum Gasteiger partial charge on any atom is 0.266 e. The van der Waals surface area contributed by atoms with Crippen molar-refractivity contribution in [1.29, 1.82) is 0 Å². The number of anilines is 1. The number of pyridine rings is 1. The van der Waals surface area contributed by atoms with E-state index in [1.807, 2.05) is 31.2 Å². The normalized spacial score (nSPS) is 13.3. The lowest BCUT2D eigenvalue weighted by Gasteiger charge is -2.27. The molecule has 1 N–H and O–H groups in total. The van der Waals surface area contributed by atoms with Gasteiger partial charge in [0.15, 0.2) is 18.2 Å². The van der Waals surface area contributed by atoms with Crippen molar-refractivity contribution in [3.8, 4) is 5.75 Å². The zero-order chi connectivity index (χ0) is 16.2. The summed E-state index contributed by atoms with van der Waals surface area (Å²) in [5.74, 6) is 0.381. The molecule has 0 atom stereocenters. The molecule has 23 heavy (non-hydrogen) atoms. The molecule has 2 heterocycles. The minimum absolute atomic E-state index is 0.0714. The molecule has 0 bridgehead atoms. The number of nitrogens with one attached hydrogen (secondary N) is 1. The molecule has 1 aromatic heterocycles. The van der Waals surface area contributed by atoms with Crippen LogP contribution in [-0.4, -0.2) is 29.9 Å². The molecule has 2 aromatic rings. The zero-order valence-electron chi connectivity index (χ0n) is 12.8. The molecule has 0 aliphatic carbocycles. The Hall–Kier alpha value is -2.89. The maximum absolute atomic E-state index is 12.1. The fourth-order valence-corrected chi connectivity index (χ4v) is 2.30. The first-order valence-electron chi connectivity index (χ1n) is 7.34. The lowest BCUT2D eigenvalue weighted by molar-refractivity contribution is -0.125. The van der Waals surface area contributed by atoms with E-state index in [0.29, 0.717) is 18.1 Å². The standard InChI is InChI=1S/C17H17N3O3/c1-12-4-6-13(7-5-12)9-19-15(21)10-20-16(22)11-23-14-3-2-8-18-17(14)20/h2-8H,9-11H2,1H3,(H,19,21). The smallest absolute Gasteiger partial charge is 0.266 e. The molecule has 0 radical (unpaired) electrons. The molecule has 0 saturated carbocycles. The summed E-state index contributed by atoms with van der Waals surface area (Å²) >= 11 is 0. The molecule has 1 aliphatic rings. The Kier molecular flexibility index (Phi) is 4.23. The summed E-state index contributed by atoms with van der Waals surface area (Å²) in [5, 5.41) is 2.82. The maximum atomic E-state index is 12.1. The van der Waals surface area contributed by atoms with Crippen LogP contribution < -0.4 is 15.0 Å². The van der Waals surface area contributed by atoms with Crippen molar-refractivity contribution < 1.29 is 14.3 Å². The second-order valence-electron chi connectivity index (χ2n) is 5.36. The second kappa shape index (κ2) is 6.48. The van der Waals surface area contributed by atoms with Crippen molar-refractivity contribution >= 4 is 17.6 Å². The monoisotopic (exact) mass is 311 g/mol. The third-order valence-corrected chi connectivity index (χ3v) is 3.57. The highest BCUT2D eigenvalue weighted by molar-refractivity contribution is 6.01. The minimum Gasteiger partial charge on any atom is -0.480 e. The zero-order valence-corrected chi connectivity index (χ0v) is 12.8. The number of hydrogen-bond acceptors (Lipinski definition) is 4. The van der Waals surface area contributed by atoms with Gasteiger partial charge in [-0.3, -0.25) is 14.5 Å². The van der Waals surface area contributed by atoms with E-state index < -0.39 is 0 Å². The van der Waals surface area contributed by atoms with Crippen molar-refractivity contribution in [2.24, 2.45) is 0 Å². The summed E-state index contributed by atoms with van der Waals surface area (Å²) in [5.41, 5.74) is 2.18. The molecule has 3 rings (SSSR count). The Bertz CT molecular complexity index is 728. The molecule has 1 aromatic carbocycles. The minimum atomic E-state index is -0.276. The number of ether oxygens (including phenoxy) is 1. The number of carbonyl (C=O) groups is 2. The summed E-state index contributed by atoms with van der Waals surface area (Å²) in [6.45, 7) is 2.28. The quantitative estimate of drug-likeness (QED) is 0.927. The second-order valence-corrected chi connectivity index (χ2v) is 5.36. The van der Waals surface area contributed by atoms with Gasteiger partial charge >= 0.3 is 0 Å². The fourth-order valence-electron chi connectivity index (χ4n) is 2.30. The SMILES string of the molecule is Cc1ccc(CNC(=O)CN2C(=O)COc3cccnc32)cc1. The first-order chi connectivity index (χ1) is 11.1. The van der Waals surface area contributed by atoms with Gasteiger partial charge in [-0.2, -0.15) is 0 Å². The van der Waals surface area contributed by atoms with E-state index in [9.17, 15) is 9.59 Å². The predicted molar refractivity (Wildman–Crippen MR) is 85.1 cm³/mol. The van der Waals surface area contributed by atoms with E-state index in [0.717, 1.165) is 5.56 Å². The first-order valence-corrected chi connectivity index (χ1v) is 7.34. The molecule has 118 valence electrons. The van der Waals surface area contributed by atoms with Crippen molar-refractivity contribution in [2.75, 3.05) is 18.1 Å². The van der Waals surface area contributed by atoms with Gasteiger partial charge in [0.05, 0.1) is 0 Å².